The number of nitrogen functional groups attached to an aromatic ring is 1. The molecule has 1 rings (SSSR count). The van der Waals surface area contributed by atoms with Crippen molar-refractivity contribution in [2.24, 2.45) is 0 Å². The fourth-order valence-electron chi connectivity index (χ4n) is 1.42. The van der Waals surface area contributed by atoms with E-state index in [0.29, 0.717) is 0 Å². The van der Waals surface area contributed by atoms with E-state index in [1.54, 1.807) is 0 Å². The number of hydrogen-bond donors (Lipinski definition) is 2. The van der Waals surface area contributed by atoms with Crippen LogP contribution in [0.4, 0.5) is 10.1 Å². The van der Waals surface area contributed by atoms with E-state index < -0.39 is 11.7 Å². The first kappa shape index (κ1) is 14.0. The SMILES string of the molecule is CNC(=O)CCN(C)C(=O)c1cc(F)ccc1N. The molecule has 3 N–H and O–H groups in total. The van der Waals surface area contributed by atoms with Gasteiger partial charge in [-0.15, -0.1) is 0 Å². The zero-order valence-electron chi connectivity index (χ0n) is 10.4. The van der Waals surface area contributed by atoms with Crippen molar-refractivity contribution in [3.8, 4) is 0 Å². The molecule has 0 unspecified atom stereocenters. The molecule has 2 amide bonds. The van der Waals surface area contributed by atoms with E-state index in [2.05, 4.69) is 5.32 Å². The number of carbonyl (C=O) groups is 2. The molecule has 0 aromatic heterocycles. The van der Waals surface area contributed by atoms with Gasteiger partial charge < -0.3 is 16.0 Å². The number of carbonyl (C=O) groups excluding carboxylic acids is 2. The Labute approximate surface area is 105 Å². The van der Waals surface area contributed by atoms with Crippen molar-refractivity contribution in [2.45, 2.75) is 6.42 Å². The summed E-state index contributed by atoms with van der Waals surface area (Å²) in [6.07, 6.45) is 0.188. The highest BCUT2D eigenvalue weighted by atomic mass is 19.1. The number of benzene rings is 1. The van der Waals surface area contributed by atoms with Crippen LogP contribution in [0.25, 0.3) is 0 Å². The normalized spacial score (nSPS) is 9.94. The maximum Gasteiger partial charge on any atom is 0.255 e. The second kappa shape index (κ2) is 6.00. The molecule has 0 heterocycles. The molecular formula is C12H16FN3O2. The molecule has 0 spiro atoms. The van der Waals surface area contributed by atoms with Gasteiger partial charge in [0.2, 0.25) is 5.91 Å². The molecule has 5 nitrogen and oxygen atoms in total. The van der Waals surface area contributed by atoms with Crippen LogP contribution in [0.2, 0.25) is 0 Å². The largest absolute Gasteiger partial charge is 0.398 e. The minimum atomic E-state index is -0.521. The molecule has 0 atom stereocenters. The second-order valence-electron chi connectivity index (χ2n) is 3.88. The first-order valence-electron chi connectivity index (χ1n) is 5.46. The molecule has 6 heteroatoms. The van der Waals surface area contributed by atoms with Crippen molar-refractivity contribution in [2.75, 3.05) is 26.4 Å². The van der Waals surface area contributed by atoms with Crippen LogP contribution in [0.3, 0.4) is 0 Å². The first-order chi connectivity index (χ1) is 8.45. The maximum absolute atomic E-state index is 13.0. The summed E-state index contributed by atoms with van der Waals surface area (Å²) in [7, 11) is 3.06. The van der Waals surface area contributed by atoms with Crippen molar-refractivity contribution in [1.82, 2.24) is 10.2 Å². The van der Waals surface area contributed by atoms with E-state index in [0.717, 1.165) is 6.07 Å². The highest BCUT2D eigenvalue weighted by molar-refractivity contribution is 5.99. The van der Waals surface area contributed by atoms with E-state index in [9.17, 15) is 14.0 Å². The zero-order chi connectivity index (χ0) is 13.7. The Morgan fingerprint density at radius 2 is 2.11 bits per heavy atom. The number of nitrogens with zero attached hydrogens (tertiary/aromatic N) is 1. The summed E-state index contributed by atoms with van der Waals surface area (Å²) in [5.41, 5.74) is 5.94. The van der Waals surface area contributed by atoms with Gasteiger partial charge in [-0.1, -0.05) is 0 Å². The summed E-state index contributed by atoms with van der Waals surface area (Å²) in [5.74, 6) is -1.09. The Hall–Kier alpha value is -2.11. The average molecular weight is 253 g/mol. The van der Waals surface area contributed by atoms with Crippen LogP contribution in [0.15, 0.2) is 18.2 Å². The Bertz CT molecular complexity index is 463. The van der Waals surface area contributed by atoms with Gasteiger partial charge in [0.15, 0.2) is 0 Å². The smallest absolute Gasteiger partial charge is 0.255 e. The summed E-state index contributed by atoms with van der Waals surface area (Å²) in [4.78, 5) is 24.4. The van der Waals surface area contributed by atoms with Crippen molar-refractivity contribution in [1.29, 1.82) is 0 Å². The summed E-state index contributed by atoms with van der Waals surface area (Å²) >= 11 is 0. The molecule has 98 valence electrons. The third-order valence-electron chi connectivity index (χ3n) is 2.55. The molecule has 0 saturated carbocycles. The minimum absolute atomic E-state index is 0.106. The van der Waals surface area contributed by atoms with E-state index in [-0.39, 0.29) is 30.1 Å². The van der Waals surface area contributed by atoms with Gasteiger partial charge >= 0.3 is 0 Å². The fraction of sp³-hybridized carbons (Fsp3) is 0.333. The highest BCUT2D eigenvalue weighted by Crippen LogP contribution is 2.15. The molecule has 0 aliphatic rings. The van der Waals surface area contributed by atoms with Gasteiger partial charge in [0.1, 0.15) is 5.82 Å². The molecule has 18 heavy (non-hydrogen) atoms. The number of rotatable bonds is 4. The number of hydrogen-bond acceptors (Lipinski definition) is 3. The fourth-order valence-corrected chi connectivity index (χ4v) is 1.42. The van der Waals surface area contributed by atoms with Gasteiger partial charge in [-0.05, 0) is 18.2 Å². The van der Waals surface area contributed by atoms with E-state index in [1.807, 2.05) is 0 Å². The topological polar surface area (TPSA) is 75.4 Å². The summed E-state index contributed by atoms with van der Waals surface area (Å²) in [5, 5.41) is 2.46. The number of nitrogens with one attached hydrogen (secondary N) is 1. The Morgan fingerprint density at radius 3 is 2.72 bits per heavy atom. The standard InChI is InChI=1S/C12H16FN3O2/c1-15-11(17)5-6-16(2)12(18)9-7-8(13)3-4-10(9)14/h3-4,7H,5-6,14H2,1-2H3,(H,15,17). The van der Waals surface area contributed by atoms with Crippen LogP contribution >= 0.6 is 0 Å². The zero-order valence-corrected chi connectivity index (χ0v) is 10.4. The Kier molecular flexibility index (Phi) is 4.65. The van der Waals surface area contributed by atoms with Crippen molar-refractivity contribution in [3.63, 3.8) is 0 Å². The lowest BCUT2D eigenvalue weighted by Gasteiger charge is -2.17. The van der Waals surface area contributed by atoms with Crippen molar-refractivity contribution in [3.05, 3.63) is 29.6 Å². The predicted molar refractivity (Wildman–Crippen MR) is 66.5 cm³/mol. The third kappa shape index (κ3) is 3.44. The molecule has 0 aliphatic carbocycles. The van der Waals surface area contributed by atoms with Gasteiger partial charge in [0.05, 0.1) is 5.56 Å². The average Bonchev–Trinajstić information content (AvgIpc) is 2.37. The number of nitrogens with two attached hydrogens (primary N) is 1. The monoisotopic (exact) mass is 253 g/mol. The van der Waals surface area contributed by atoms with Gasteiger partial charge in [-0.3, -0.25) is 9.59 Å². The minimum Gasteiger partial charge on any atom is -0.398 e. The van der Waals surface area contributed by atoms with Crippen LogP contribution in [0, 0.1) is 5.82 Å². The number of amides is 2. The molecule has 0 fully saturated rings. The number of halogens is 1. The lowest BCUT2D eigenvalue weighted by Crippen LogP contribution is -2.31. The van der Waals surface area contributed by atoms with E-state index in [1.165, 1.54) is 31.1 Å². The van der Waals surface area contributed by atoms with E-state index >= 15 is 0 Å². The van der Waals surface area contributed by atoms with Gasteiger partial charge in [-0.2, -0.15) is 0 Å². The number of anilines is 1. The molecule has 1 aromatic carbocycles. The van der Waals surface area contributed by atoms with E-state index in [4.69, 9.17) is 5.73 Å². The molecule has 0 radical (unpaired) electrons. The van der Waals surface area contributed by atoms with Crippen molar-refractivity contribution < 1.29 is 14.0 Å². The third-order valence-corrected chi connectivity index (χ3v) is 2.55. The second-order valence-corrected chi connectivity index (χ2v) is 3.88. The van der Waals surface area contributed by atoms with Gasteiger partial charge in [0, 0.05) is 32.7 Å². The van der Waals surface area contributed by atoms with Crippen LogP contribution in [-0.4, -0.2) is 37.4 Å². The molecule has 0 saturated heterocycles. The first-order valence-corrected chi connectivity index (χ1v) is 5.46. The Balaban J connectivity index is 2.74. The van der Waals surface area contributed by atoms with Crippen LogP contribution in [0.1, 0.15) is 16.8 Å². The Morgan fingerprint density at radius 1 is 1.44 bits per heavy atom. The predicted octanol–water partition coefficient (Wildman–Crippen LogP) is 0.616. The molecule has 0 bridgehead atoms. The molecule has 0 aliphatic heterocycles. The lowest BCUT2D eigenvalue weighted by molar-refractivity contribution is -0.120. The molecular weight excluding hydrogens is 237 g/mol. The van der Waals surface area contributed by atoms with Gasteiger partial charge in [-0.25, -0.2) is 4.39 Å². The lowest BCUT2D eigenvalue weighted by atomic mass is 10.1. The summed E-state index contributed by atoms with van der Waals surface area (Å²) < 4.78 is 13.0. The van der Waals surface area contributed by atoms with Crippen LogP contribution in [0.5, 0.6) is 0 Å². The quantitative estimate of drug-likeness (QED) is 0.772. The summed E-state index contributed by atoms with van der Waals surface area (Å²) in [6, 6.07) is 3.62. The van der Waals surface area contributed by atoms with Crippen molar-refractivity contribution >= 4 is 17.5 Å². The summed E-state index contributed by atoms with van der Waals surface area (Å²) in [6.45, 7) is 0.245. The van der Waals surface area contributed by atoms with Gasteiger partial charge in [0.25, 0.3) is 5.91 Å². The maximum atomic E-state index is 13.0. The van der Waals surface area contributed by atoms with Crippen LogP contribution in [-0.2, 0) is 4.79 Å². The molecule has 1 aromatic rings. The van der Waals surface area contributed by atoms with Crippen LogP contribution < -0.4 is 11.1 Å². The highest BCUT2D eigenvalue weighted by Gasteiger charge is 2.16.